The molecule has 2 aromatic rings. The Labute approximate surface area is 89.0 Å². The van der Waals surface area contributed by atoms with E-state index in [1.165, 1.54) is 24.0 Å². The summed E-state index contributed by atoms with van der Waals surface area (Å²) in [4.78, 5) is 8.62. The standard InChI is InChI=1S/C13H12N2/c1-2-5-12(11(4-1)10-6-7-10)13-14-8-3-9-15-13/h1-5,8-10H,6-7H2. The number of nitrogens with zero attached hydrogens (tertiary/aromatic N) is 2. The Morgan fingerprint density at radius 1 is 0.933 bits per heavy atom. The van der Waals surface area contributed by atoms with Gasteiger partial charge in [0, 0.05) is 18.0 Å². The molecular weight excluding hydrogens is 184 g/mol. The van der Waals surface area contributed by atoms with Crippen LogP contribution >= 0.6 is 0 Å². The minimum absolute atomic E-state index is 0.741. The molecule has 0 bridgehead atoms. The summed E-state index contributed by atoms with van der Waals surface area (Å²) in [5, 5.41) is 0. The highest BCUT2D eigenvalue weighted by molar-refractivity contribution is 5.61. The Kier molecular flexibility index (Phi) is 1.98. The van der Waals surface area contributed by atoms with E-state index < -0.39 is 0 Å². The summed E-state index contributed by atoms with van der Waals surface area (Å²) in [6.45, 7) is 0. The third-order valence-corrected chi connectivity index (χ3v) is 2.78. The molecule has 1 aromatic heterocycles. The maximum Gasteiger partial charge on any atom is 0.159 e. The van der Waals surface area contributed by atoms with Crippen LogP contribution in [0.2, 0.25) is 0 Å². The summed E-state index contributed by atoms with van der Waals surface area (Å²) in [5.74, 6) is 1.59. The van der Waals surface area contributed by atoms with Crippen molar-refractivity contribution in [2.24, 2.45) is 0 Å². The highest BCUT2D eigenvalue weighted by Crippen LogP contribution is 2.43. The Morgan fingerprint density at radius 3 is 2.40 bits per heavy atom. The second kappa shape index (κ2) is 3.46. The Balaban J connectivity index is 2.11. The average Bonchev–Trinajstić information content (AvgIpc) is 3.14. The minimum atomic E-state index is 0.741. The zero-order valence-electron chi connectivity index (χ0n) is 8.43. The zero-order valence-corrected chi connectivity index (χ0v) is 8.43. The molecule has 0 amide bonds. The third-order valence-electron chi connectivity index (χ3n) is 2.78. The van der Waals surface area contributed by atoms with Crippen LogP contribution in [0.15, 0.2) is 42.7 Å². The molecule has 1 aliphatic rings. The number of benzene rings is 1. The summed E-state index contributed by atoms with van der Waals surface area (Å²) in [5.41, 5.74) is 2.60. The Morgan fingerprint density at radius 2 is 1.67 bits per heavy atom. The van der Waals surface area contributed by atoms with Crippen molar-refractivity contribution >= 4 is 0 Å². The second-order valence-electron chi connectivity index (χ2n) is 3.93. The molecule has 1 aromatic carbocycles. The molecule has 1 fully saturated rings. The van der Waals surface area contributed by atoms with Crippen molar-refractivity contribution in [1.29, 1.82) is 0 Å². The van der Waals surface area contributed by atoms with E-state index in [4.69, 9.17) is 0 Å². The summed E-state index contributed by atoms with van der Waals surface area (Å²) < 4.78 is 0. The highest BCUT2D eigenvalue weighted by atomic mass is 14.9. The fourth-order valence-corrected chi connectivity index (χ4v) is 1.89. The molecule has 0 radical (unpaired) electrons. The smallest absolute Gasteiger partial charge is 0.159 e. The maximum atomic E-state index is 4.31. The van der Waals surface area contributed by atoms with Crippen molar-refractivity contribution < 1.29 is 0 Å². The Bertz CT molecular complexity index is 461. The van der Waals surface area contributed by atoms with Crippen LogP contribution in [0.4, 0.5) is 0 Å². The molecule has 0 unspecified atom stereocenters. The van der Waals surface area contributed by atoms with Crippen molar-refractivity contribution in [2.75, 3.05) is 0 Å². The molecule has 1 aliphatic carbocycles. The molecule has 1 saturated carbocycles. The molecule has 2 nitrogen and oxygen atoms in total. The largest absolute Gasteiger partial charge is 0.237 e. The van der Waals surface area contributed by atoms with Crippen LogP contribution in [-0.2, 0) is 0 Å². The predicted molar refractivity (Wildman–Crippen MR) is 59.4 cm³/mol. The lowest BCUT2D eigenvalue weighted by atomic mass is 10.0. The summed E-state index contributed by atoms with van der Waals surface area (Å²) in [6.07, 6.45) is 6.21. The van der Waals surface area contributed by atoms with Crippen LogP contribution < -0.4 is 0 Å². The van der Waals surface area contributed by atoms with E-state index in [9.17, 15) is 0 Å². The van der Waals surface area contributed by atoms with Gasteiger partial charge in [-0.1, -0.05) is 24.3 Å². The predicted octanol–water partition coefficient (Wildman–Crippen LogP) is 3.02. The minimum Gasteiger partial charge on any atom is -0.237 e. The summed E-state index contributed by atoms with van der Waals surface area (Å²) in [7, 11) is 0. The number of hydrogen-bond donors (Lipinski definition) is 0. The highest BCUT2D eigenvalue weighted by Gasteiger charge is 2.26. The van der Waals surface area contributed by atoms with Crippen LogP contribution in [-0.4, -0.2) is 9.97 Å². The van der Waals surface area contributed by atoms with E-state index in [0.29, 0.717) is 0 Å². The normalized spacial score (nSPS) is 15.2. The molecule has 0 spiro atoms. The number of hydrogen-bond acceptors (Lipinski definition) is 2. The maximum absolute atomic E-state index is 4.31. The van der Waals surface area contributed by atoms with Crippen LogP contribution in [0.3, 0.4) is 0 Å². The lowest BCUT2D eigenvalue weighted by molar-refractivity contribution is 1.10. The topological polar surface area (TPSA) is 25.8 Å². The second-order valence-corrected chi connectivity index (χ2v) is 3.93. The van der Waals surface area contributed by atoms with Gasteiger partial charge in [-0.25, -0.2) is 9.97 Å². The number of aromatic nitrogens is 2. The molecule has 15 heavy (non-hydrogen) atoms. The van der Waals surface area contributed by atoms with Gasteiger partial charge in [-0.2, -0.15) is 0 Å². The van der Waals surface area contributed by atoms with Gasteiger partial charge in [0.1, 0.15) is 0 Å². The van der Waals surface area contributed by atoms with Crippen LogP contribution in [0.1, 0.15) is 24.3 Å². The van der Waals surface area contributed by atoms with Gasteiger partial charge in [0.05, 0.1) is 0 Å². The molecule has 2 heteroatoms. The monoisotopic (exact) mass is 196 g/mol. The van der Waals surface area contributed by atoms with E-state index in [0.717, 1.165) is 11.7 Å². The first-order valence-electron chi connectivity index (χ1n) is 5.31. The van der Waals surface area contributed by atoms with Gasteiger partial charge < -0.3 is 0 Å². The third kappa shape index (κ3) is 1.63. The van der Waals surface area contributed by atoms with E-state index in [1.54, 1.807) is 12.4 Å². The van der Waals surface area contributed by atoms with Crippen molar-refractivity contribution in [3.8, 4) is 11.4 Å². The van der Waals surface area contributed by atoms with E-state index >= 15 is 0 Å². The average molecular weight is 196 g/mol. The molecular formula is C13H12N2. The van der Waals surface area contributed by atoms with Crippen molar-refractivity contribution in [1.82, 2.24) is 9.97 Å². The molecule has 3 rings (SSSR count). The van der Waals surface area contributed by atoms with Crippen LogP contribution in [0.25, 0.3) is 11.4 Å². The first-order chi connectivity index (χ1) is 7.45. The molecule has 0 N–H and O–H groups in total. The quantitative estimate of drug-likeness (QED) is 0.737. The fourth-order valence-electron chi connectivity index (χ4n) is 1.89. The fraction of sp³-hybridized carbons (Fsp3) is 0.231. The molecule has 0 aliphatic heterocycles. The van der Waals surface area contributed by atoms with Crippen LogP contribution in [0.5, 0.6) is 0 Å². The van der Waals surface area contributed by atoms with Gasteiger partial charge in [-0.15, -0.1) is 0 Å². The van der Waals surface area contributed by atoms with Crippen molar-refractivity contribution in [3.05, 3.63) is 48.3 Å². The van der Waals surface area contributed by atoms with E-state index in [-0.39, 0.29) is 0 Å². The first-order valence-corrected chi connectivity index (χ1v) is 5.31. The Hall–Kier alpha value is -1.70. The van der Waals surface area contributed by atoms with Gasteiger partial charge >= 0.3 is 0 Å². The number of rotatable bonds is 2. The summed E-state index contributed by atoms with van der Waals surface area (Å²) in [6, 6.07) is 10.3. The van der Waals surface area contributed by atoms with Gasteiger partial charge in [0.15, 0.2) is 5.82 Å². The lowest BCUT2D eigenvalue weighted by Crippen LogP contribution is -1.91. The van der Waals surface area contributed by atoms with Crippen molar-refractivity contribution in [3.63, 3.8) is 0 Å². The van der Waals surface area contributed by atoms with Crippen LogP contribution in [0, 0.1) is 0 Å². The lowest BCUT2D eigenvalue weighted by Gasteiger charge is -2.05. The molecule has 0 saturated heterocycles. The van der Waals surface area contributed by atoms with Gasteiger partial charge in [0.25, 0.3) is 0 Å². The zero-order chi connectivity index (χ0) is 10.1. The van der Waals surface area contributed by atoms with E-state index in [2.05, 4.69) is 34.2 Å². The van der Waals surface area contributed by atoms with Gasteiger partial charge in [-0.3, -0.25) is 0 Å². The molecule has 74 valence electrons. The SMILES string of the molecule is c1cnc(-c2ccccc2C2CC2)nc1. The molecule has 1 heterocycles. The molecule has 0 atom stereocenters. The van der Waals surface area contributed by atoms with Gasteiger partial charge in [0.2, 0.25) is 0 Å². The van der Waals surface area contributed by atoms with Gasteiger partial charge in [-0.05, 0) is 30.4 Å². The van der Waals surface area contributed by atoms with E-state index in [1.807, 2.05) is 6.07 Å². The summed E-state index contributed by atoms with van der Waals surface area (Å²) >= 11 is 0. The first kappa shape index (κ1) is 8.60. The van der Waals surface area contributed by atoms with Crippen molar-refractivity contribution in [2.45, 2.75) is 18.8 Å².